The zero-order valence-electron chi connectivity index (χ0n) is 9.76. The molecule has 3 fully saturated rings. The predicted molar refractivity (Wildman–Crippen MR) is 60.2 cm³/mol. The van der Waals surface area contributed by atoms with Crippen LogP contribution in [0, 0.1) is 5.41 Å². The van der Waals surface area contributed by atoms with Gasteiger partial charge in [0.15, 0.2) is 0 Å². The molecule has 3 rings (SSSR count). The molecule has 2 bridgehead atoms. The molecule has 0 aromatic heterocycles. The third-order valence-corrected chi connectivity index (χ3v) is 4.87. The van der Waals surface area contributed by atoms with Crippen LogP contribution in [0.4, 0.5) is 8.78 Å². The monoisotopic (exact) mass is 263 g/mol. The maximum Gasteiger partial charge on any atom is 0.254 e. The Hall–Kier alpha value is -0.380. The number of carbonyl (C=O) groups is 1. The molecule has 2 heterocycles. The standard InChI is InChI=1S/C12H16ClF2NO/c1-7(13)10(17)16-8-2-3-9(16)5-11(4-8)6-12(11,14)15/h7-9H,2-6H2,1H3. The third kappa shape index (κ3) is 1.52. The third-order valence-electron chi connectivity index (χ3n) is 4.68. The Labute approximate surface area is 104 Å². The smallest absolute Gasteiger partial charge is 0.254 e. The number of alkyl halides is 3. The summed E-state index contributed by atoms with van der Waals surface area (Å²) in [5.41, 5.74) is -0.787. The van der Waals surface area contributed by atoms with E-state index in [1.165, 1.54) is 0 Å². The highest BCUT2D eigenvalue weighted by Crippen LogP contribution is 2.69. The molecule has 0 N–H and O–H groups in total. The van der Waals surface area contributed by atoms with Crippen LogP contribution >= 0.6 is 11.6 Å². The second kappa shape index (κ2) is 3.34. The molecule has 3 aliphatic rings. The summed E-state index contributed by atoms with van der Waals surface area (Å²) in [5, 5.41) is -0.549. The van der Waals surface area contributed by atoms with Gasteiger partial charge in [-0.2, -0.15) is 0 Å². The number of hydrogen-bond acceptors (Lipinski definition) is 1. The highest BCUT2D eigenvalue weighted by Gasteiger charge is 2.74. The van der Waals surface area contributed by atoms with E-state index in [9.17, 15) is 13.6 Å². The van der Waals surface area contributed by atoms with Gasteiger partial charge in [-0.1, -0.05) is 0 Å². The van der Waals surface area contributed by atoms with E-state index in [4.69, 9.17) is 11.6 Å². The largest absolute Gasteiger partial charge is 0.335 e. The summed E-state index contributed by atoms with van der Waals surface area (Å²) in [6.45, 7) is 1.65. The first-order chi connectivity index (χ1) is 7.86. The minimum atomic E-state index is -2.49. The molecule has 17 heavy (non-hydrogen) atoms. The van der Waals surface area contributed by atoms with Crippen molar-refractivity contribution in [3.05, 3.63) is 0 Å². The van der Waals surface area contributed by atoms with E-state index in [-0.39, 0.29) is 24.4 Å². The zero-order valence-corrected chi connectivity index (χ0v) is 10.5. The Morgan fingerprint density at radius 2 is 1.82 bits per heavy atom. The van der Waals surface area contributed by atoms with Crippen LogP contribution < -0.4 is 0 Å². The molecule has 1 aliphatic carbocycles. The Kier molecular flexibility index (Phi) is 2.30. The molecular weight excluding hydrogens is 248 g/mol. The number of halogens is 3. The lowest BCUT2D eigenvalue weighted by molar-refractivity contribution is -0.137. The molecule has 2 nitrogen and oxygen atoms in total. The first-order valence-corrected chi connectivity index (χ1v) is 6.64. The number of amides is 1. The van der Waals surface area contributed by atoms with Crippen molar-refractivity contribution in [2.45, 2.75) is 62.4 Å². The van der Waals surface area contributed by atoms with Gasteiger partial charge in [0.05, 0.1) is 0 Å². The fourth-order valence-electron chi connectivity index (χ4n) is 3.74. The van der Waals surface area contributed by atoms with E-state index in [0.29, 0.717) is 12.8 Å². The van der Waals surface area contributed by atoms with E-state index < -0.39 is 16.7 Å². The normalized spacial score (nSPS) is 43.9. The van der Waals surface area contributed by atoms with Crippen molar-refractivity contribution in [1.82, 2.24) is 4.90 Å². The van der Waals surface area contributed by atoms with E-state index >= 15 is 0 Å². The molecule has 0 aromatic rings. The number of nitrogens with zero attached hydrogens (tertiary/aromatic N) is 1. The van der Waals surface area contributed by atoms with Crippen LogP contribution in [0.2, 0.25) is 0 Å². The number of piperidine rings is 1. The summed E-state index contributed by atoms with van der Waals surface area (Å²) in [5.74, 6) is -2.58. The first-order valence-electron chi connectivity index (χ1n) is 6.20. The average molecular weight is 264 g/mol. The Balaban J connectivity index is 1.80. The maximum atomic E-state index is 13.4. The van der Waals surface area contributed by atoms with Crippen molar-refractivity contribution in [2.75, 3.05) is 0 Å². The lowest BCUT2D eigenvalue weighted by Crippen LogP contribution is -2.50. The minimum Gasteiger partial charge on any atom is -0.335 e. The molecule has 96 valence electrons. The highest BCUT2D eigenvalue weighted by molar-refractivity contribution is 6.30. The average Bonchev–Trinajstić information content (AvgIpc) is 2.61. The van der Waals surface area contributed by atoms with Crippen molar-refractivity contribution < 1.29 is 13.6 Å². The summed E-state index contributed by atoms with van der Waals surface area (Å²) >= 11 is 5.82. The topological polar surface area (TPSA) is 20.3 Å². The van der Waals surface area contributed by atoms with Gasteiger partial charge >= 0.3 is 0 Å². The Morgan fingerprint density at radius 3 is 2.18 bits per heavy atom. The number of fused-ring (bicyclic) bond motifs is 2. The van der Waals surface area contributed by atoms with Gasteiger partial charge in [0.25, 0.3) is 5.92 Å². The summed E-state index contributed by atoms with van der Waals surface area (Å²) in [4.78, 5) is 13.7. The van der Waals surface area contributed by atoms with Gasteiger partial charge in [-0.15, -0.1) is 11.6 Å². The predicted octanol–water partition coefficient (Wildman–Crippen LogP) is 2.79. The van der Waals surface area contributed by atoms with Crippen LogP contribution in [0.3, 0.4) is 0 Å². The second-order valence-electron chi connectivity index (χ2n) is 5.82. The highest BCUT2D eigenvalue weighted by atomic mass is 35.5. The Bertz CT molecular complexity index is 358. The van der Waals surface area contributed by atoms with Gasteiger partial charge in [-0.25, -0.2) is 8.78 Å². The van der Waals surface area contributed by atoms with Crippen molar-refractivity contribution >= 4 is 17.5 Å². The van der Waals surface area contributed by atoms with Crippen LogP contribution in [0.15, 0.2) is 0 Å². The van der Waals surface area contributed by atoms with Gasteiger partial charge in [0, 0.05) is 23.9 Å². The van der Waals surface area contributed by atoms with Crippen molar-refractivity contribution in [3.63, 3.8) is 0 Å². The second-order valence-corrected chi connectivity index (χ2v) is 6.47. The SMILES string of the molecule is CC(Cl)C(=O)N1C2CCC1CC1(C2)CC1(F)F. The quantitative estimate of drug-likeness (QED) is 0.666. The van der Waals surface area contributed by atoms with Gasteiger partial charge in [0.1, 0.15) is 5.38 Å². The van der Waals surface area contributed by atoms with Crippen LogP contribution in [-0.2, 0) is 4.79 Å². The van der Waals surface area contributed by atoms with Gasteiger partial charge < -0.3 is 4.90 Å². The lowest BCUT2D eigenvalue weighted by Gasteiger charge is -2.40. The number of rotatable bonds is 1. The molecule has 0 aromatic carbocycles. The van der Waals surface area contributed by atoms with Crippen LogP contribution in [0.1, 0.15) is 39.0 Å². The van der Waals surface area contributed by atoms with E-state index in [0.717, 1.165) is 12.8 Å². The number of hydrogen-bond donors (Lipinski definition) is 0. The van der Waals surface area contributed by atoms with E-state index in [1.54, 1.807) is 11.8 Å². The van der Waals surface area contributed by atoms with Crippen LogP contribution in [-0.4, -0.2) is 34.2 Å². The lowest BCUT2D eigenvalue weighted by atomic mass is 9.87. The molecule has 0 radical (unpaired) electrons. The molecule has 2 aliphatic heterocycles. The fourth-order valence-corrected chi connectivity index (χ4v) is 3.85. The molecule has 3 atom stereocenters. The van der Waals surface area contributed by atoms with Gasteiger partial charge in [0.2, 0.25) is 5.91 Å². The molecular formula is C12H16ClF2NO. The maximum absolute atomic E-state index is 13.4. The fraction of sp³-hybridized carbons (Fsp3) is 0.917. The molecule has 1 saturated carbocycles. The van der Waals surface area contributed by atoms with Crippen molar-refractivity contribution in [2.24, 2.45) is 5.41 Å². The summed E-state index contributed by atoms with van der Waals surface area (Å²) in [7, 11) is 0. The van der Waals surface area contributed by atoms with Crippen molar-refractivity contribution in [1.29, 1.82) is 0 Å². The zero-order chi connectivity index (χ0) is 12.4. The minimum absolute atomic E-state index is 0.00387. The number of carbonyl (C=O) groups excluding carboxylic acids is 1. The summed E-state index contributed by atoms with van der Waals surface area (Å²) < 4.78 is 26.8. The van der Waals surface area contributed by atoms with Gasteiger partial charge in [-0.3, -0.25) is 4.79 Å². The van der Waals surface area contributed by atoms with E-state index in [1.807, 2.05) is 0 Å². The van der Waals surface area contributed by atoms with Crippen LogP contribution in [0.25, 0.3) is 0 Å². The first kappa shape index (κ1) is 11.7. The van der Waals surface area contributed by atoms with Gasteiger partial charge in [-0.05, 0) is 32.6 Å². The summed E-state index contributed by atoms with van der Waals surface area (Å²) in [6, 6.07) is -0.00773. The van der Waals surface area contributed by atoms with Crippen LogP contribution in [0.5, 0.6) is 0 Å². The van der Waals surface area contributed by atoms with Crippen molar-refractivity contribution in [3.8, 4) is 0 Å². The molecule has 2 saturated heterocycles. The Morgan fingerprint density at radius 1 is 1.35 bits per heavy atom. The summed E-state index contributed by atoms with van der Waals surface area (Å²) in [6.07, 6.45) is 2.67. The molecule has 1 amide bonds. The van der Waals surface area contributed by atoms with E-state index in [2.05, 4.69) is 0 Å². The molecule has 3 unspecified atom stereocenters. The molecule has 5 heteroatoms. The molecule has 1 spiro atoms.